The first-order chi connectivity index (χ1) is 13.6. The van der Waals surface area contributed by atoms with Crippen molar-refractivity contribution < 1.29 is 4.74 Å². The maximum Gasteiger partial charge on any atom is 0.191 e. The van der Waals surface area contributed by atoms with Gasteiger partial charge in [-0.3, -0.25) is 4.99 Å². The van der Waals surface area contributed by atoms with Crippen LogP contribution in [0.25, 0.3) is 0 Å². The fourth-order valence-electron chi connectivity index (χ4n) is 4.88. The quantitative estimate of drug-likeness (QED) is 0.200. The number of halogens is 1. The molecule has 0 amide bonds. The van der Waals surface area contributed by atoms with Crippen molar-refractivity contribution in [2.45, 2.75) is 71.9 Å². The molecule has 172 valence electrons. The molecule has 1 saturated heterocycles. The van der Waals surface area contributed by atoms with Gasteiger partial charge in [-0.25, -0.2) is 0 Å². The molecule has 0 radical (unpaired) electrons. The first-order valence-corrected chi connectivity index (χ1v) is 11.7. The van der Waals surface area contributed by atoms with Gasteiger partial charge in [-0.1, -0.05) is 13.8 Å². The Hall–Kier alpha value is -0.120. The van der Waals surface area contributed by atoms with Crippen LogP contribution in [-0.2, 0) is 4.74 Å². The van der Waals surface area contributed by atoms with Crippen molar-refractivity contribution in [3.63, 3.8) is 0 Å². The number of likely N-dealkylation sites (N-methyl/N-ethyl adjacent to an activating group) is 1. The number of hydrogen-bond acceptors (Lipinski definition) is 4. The Morgan fingerprint density at radius 2 is 1.86 bits per heavy atom. The number of ether oxygens (including phenoxy) is 1. The molecular formula is C22H46IN5O. The molecule has 2 unspecified atom stereocenters. The molecule has 2 fully saturated rings. The summed E-state index contributed by atoms with van der Waals surface area (Å²) in [6.07, 6.45) is 6.17. The second kappa shape index (κ2) is 14.0. The molecule has 7 heteroatoms. The second-order valence-corrected chi connectivity index (χ2v) is 8.43. The van der Waals surface area contributed by atoms with E-state index in [4.69, 9.17) is 9.73 Å². The minimum atomic E-state index is 0. The van der Waals surface area contributed by atoms with Crippen molar-refractivity contribution >= 4 is 29.9 Å². The summed E-state index contributed by atoms with van der Waals surface area (Å²) in [6, 6.07) is 0.456. The number of nitrogens with one attached hydrogen (secondary N) is 2. The Balaban J connectivity index is 0.00000420. The minimum Gasteiger partial charge on any atom is -0.378 e. The smallest absolute Gasteiger partial charge is 0.191 e. The lowest BCUT2D eigenvalue weighted by Gasteiger charge is -2.55. The first kappa shape index (κ1) is 26.9. The summed E-state index contributed by atoms with van der Waals surface area (Å²) in [5.74, 6) is 0.976. The van der Waals surface area contributed by atoms with Gasteiger partial charge in [0.1, 0.15) is 0 Å². The Labute approximate surface area is 196 Å². The summed E-state index contributed by atoms with van der Waals surface area (Å²) >= 11 is 0. The molecule has 29 heavy (non-hydrogen) atoms. The molecule has 1 saturated carbocycles. The summed E-state index contributed by atoms with van der Waals surface area (Å²) < 4.78 is 6.02. The minimum absolute atomic E-state index is 0. The van der Waals surface area contributed by atoms with Crippen LogP contribution in [0, 0.1) is 5.41 Å². The van der Waals surface area contributed by atoms with E-state index in [1.54, 1.807) is 0 Å². The lowest BCUT2D eigenvalue weighted by Crippen LogP contribution is -2.65. The molecule has 1 aliphatic carbocycles. The van der Waals surface area contributed by atoms with Crippen molar-refractivity contribution in [2.24, 2.45) is 10.4 Å². The lowest BCUT2D eigenvalue weighted by molar-refractivity contribution is -0.133. The summed E-state index contributed by atoms with van der Waals surface area (Å²) in [4.78, 5) is 9.91. The lowest BCUT2D eigenvalue weighted by atomic mass is 9.58. The molecule has 1 aliphatic heterocycles. The third-order valence-corrected chi connectivity index (χ3v) is 6.84. The van der Waals surface area contributed by atoms with Crippen LogP contribution in [0.1, 0.15) is 59.8 Å². The highest BCUT2D eigenvalue weighted by Crippen LogP contribution is 2.48. The normalized spacial score (nSPS) is 25.6. The van der Waals surface area contributed by atoms with Gasteiger partial charge in [0.25, 0.3) is 0 Å². The van der Waals surface area contributed by atoms with Crippen LogP contribution in [0.5, 0.6) is 0 Å². The van der Waals surface area contributed by atoms with Crippen molar-refractivity contribution in [1.82, 2.24) is 20.4 Å². The van der Waals surface area contributed by atoms with E-state index in [0.717, 1.165) is 57.9 Å². The second-order valence-electron chi connectivity index (χ2n) is 8.43. The van der Waals surface area contributed by atoms with Gasteiger partial charge in [-0.2, -0.15) is 0 Å². The van der Waals surface area contributed by atoms with Crippen LogP contribution in [-0.4, -0.2) is 87.4 Å². The van der Waals surface area contributed by atoms with Crippen LogP contribution in [0.15, 0.2) is 4.99 Å². The van der Waals surface area contributed by atoms with E-state index in [2.05, 4.69) is 55.2 Å². The number of aliphatic imine (C=N–C) groups is 1. The summed E-state index contributed by atoms with van der Waals surface area (Å²) in [6.45, 7) is 17.4. The highest BCUT2D eigenvalue weighted by atomic mass is 127. The Morgan fingerprint density at radius 3 is 2.52 bits per heavy atom. The van der Waals surface area contributed by atoms with Crippen molar-refractivity contribution in [1.29, 1.82) is 0 Å². The molecule has 6 nitrogen and oxygen atoms in total. The van der Waals surface area contributed by atoms with E-state index in [-0.39, 0.29) is 29.4 Å². The molecule has 2 atom stereocenters. The number of hydrogen-bond donors (Lipinski definition) is 2. The molecule has 2 N–H and O–H groups in total. The highest BCUT2D eigenvalue weighted by Gasteiger charge is 2.53. The number of guanidine groups is 1. The largest absolute Gasteiger partial charge is 0.378 e. The monoisotopic (exact) mass is 523 g/mol. The molecule has 0 spiro atoms. The van der Waals surface area contributed by atoms with Gasteiger partial charge in [0.15, 0.2) is 5.96 Å². The van der Waals surface area contributed by atoms with Crippen LogP contribution >= 0.6 is 24.0 Å². The van der Waals surface area contributed by atoms with Gasteiger partial charge in [0.05, 0.1) is 6.10 Å². The molecule has 2 rings (SSSR count). The topological polar surface area (TPSA) is 52.1 Å². The number of nitrogens with zero attached hydrogens (tertiary/aromatic N) is 3. The average molecular weight is 524 g/mol. The van der Waals surface area contributed by atoms with Crippen molar-refractivity contribution in [3.8, 4) is 0 Å². The zero-order valence-corrected chi connectivity index (χ0v) is 21.8. The summed E-state index contributed by atoms with van der Waals surface area (Å²) in [7, 11) is 2.23. The van der Waals surface area contributed by atoms with Crippen LogP contribution in [0.4, 0.5) is 0 Å². The molecule has 0 aromatic carbocycles. The maximum absolute atomic E-state index is 6.02. The predicted octanol–water partition coefficient (Wildman–Crippen LogP) is 3.17. The van der Waals surface area contributed by atoms with Crippen LogP contribution in [0.3, 0.4) is 0 Å². The van der Waals surface area contributed by atoms with E-state index in [0.29, 0.717) is 12.1 Å². The van der Waals surface area contributed by atoms with E-state index >= 15 is 0 Å². The molecule has 2 aliphatic rings. The van der Waals surface area contributed by atoms with Gasteiger partial charge in [-0.15, -0.1) is 24.0 Å². The van der Waals surface area contributed by atoms with E-state index < -0.39 is 0 Å². The molecular weight excluding hydrogens is 477 g/mol. The van der Waals surface area contributed by atoms with E-state index in [9.17, 15) is 0 Å². The fraction of sp³-hybridized carbons (Fsp3) is 0.955. The standard InChI is InChI=1S/C22H45N5O.HI/c1-6-22(7-2)19(18-20(22)28-9-4)25-21(23-8-3)24-12-10-14-27-15-11-13-26(5)16-17-27;/h19-20H,6-18H2,1-5H3,(H2,23,24,25);1H. The zero-order valence-electron chi connectivity index (χ0n) is 19.5. The Kier molecular flexibility index (Phi) is 13.0. The Bertz CT molecular complexity index is 472. The average Bonchev–Trinajstić information content (AvgIpc) is 2.89. The van der Waals surface area contributed by atoms with Crippen LogP contribution in [0.2, 0.25) is 0 Å². The third kappa shape index (κ3) is 7.51. The Morgan fingerprint density at radius 1 is 1.10 bits per heavy atom. The predicted molar refractivity (Wildman–Crippen MR) is 135 cm³/mol. The summed E-state index contributed by atoms with van der Waals surface area (Å²) in [5.41, 5.74) is 0.240. The van der Waals surface area contributed by atoms with E-state index in [1.807, 2.05) is 0 Å². The maximum atomic E-state index is 6.02. The molecule has 0 bridgehead atoms. The van der Waals surface area contributed by atoms with Crippen molar-refractivity contribution in [3.05, 3.63) is 0 Å². The molecule has 0 aromatic rings. The van der Waals surface area contributed by atoms with Crippen LogP contribution < -0.4 is 10.6 Å². The third-order valence-electron chi connectivity index (χ3n) is 6.84. The first-order valence-electron chi connectivity index (χ1n) is 11.7. The summed E-state index contributed by atoms with van der Waals surface area (Å²) in [5, 5.41) is 7.17. The highest BCUT2D eigenvalue weighted by molar-refractivity contribution is 14.0. The number of rotatable bonds is 10. The fourth-order valence-corrected chi connectivity index (χ4v) is 4.88. The van der Waals surface area contributed by atoms with Crippen molar-refractivity contribution in [2.75, 3.05) is 59.5 Å². The molecule has 1 heterocycles. The zero-order chi connectivity index (χ0) is 20.4. The van der Waals surface area contributed by atoms with Gasteiger partial charge in [0.2, 0.25) is 0 Å². The van der Waals surface area contributed by atoms with E-state index in [1.165, 1.54) is 32.6 Å². The molecule has 0 aromatic heterocycles. The van der Waals surface area contributed by atoms with Gasteiger partial charge in [0, 0.05) is 44.2 Å². The van der Waals surface area contributed by atoms with Gasteiger partial charge < -0.3 is 25.2 Å². The SMILES string of the molecule is CCNC(=NCCCN1CCCN(C)CC1)NC1CC(OCC)C1(CC)CC.I. The van der Waals surface area contributed by atoms with Gasteiger partial charge >= 0.3 is 0 Å². The van der Waals surface area contributed by atoms with Gasteiger partial charge in [-0.05, 0) is 72.6 Å².